The van der Waals surface area contributed by atoms with Crippen molar-refractivity contribution in [1.29, 1.82) is 0 Å². The minimum atomic E-state index is 0.0688. The van der Waals surface area contributed by atoms with Crippen molar-refractivity contribution in [2.45, 2.75) is 13.0 Å². The van der Waals surface area contributed by atoms with Gasteiger partial charge in [-0.05, 0) is 32.2 Å². The number of ether oxygens (including phenoxy) is 2. The maximum absolute atomic E-state index is 5.84. The molecule has 1 unspecified atom stereocenters. The van der Waals surface area contributed by atoms with E-state index in [4.69, 9.17) is 9.47 Å². The van der Waals surface area contributed by atoms with Crippen LogP contribution in [0.3, 0.4) is 0 Å². The fourth-order valence-corrected chi connectivity index (χ4v) is 1.94. The van der Waals surface area contributed by atoms with Crippen LogP contribution in [0.5, 0.6) is 11.6 Å². The third-order valence-electron chi connectivity index (χ3n) is 2.75. The first-order valence-electron chi connectivity index (χ1n) is 5.99. The first-order valence-corrected chi connectivity index (χ1v) is 5.99. The van der Waals surface area contributed by atoms with Crippen LogP contribution < -0.4 is 14.8 Å². The summed E-state index contributed by atoms with van der Waals surface area (Å²) in [5, 5.41) is 5.07. The highest BCUT2D eigenvalue weighted by atomic mass is 16.5. The average Bonchev–Trinajstić information content (AvgIpc) is 2.38. The van der Waals surface area contributed by atoms with Crippen molar-refractivity contribution < 1.29 is 9.47 Å². The monoisotopic (exact) mass is 246 g/mol. The number of aromatic nitrogens is 1. The van der Waals surface area contributed by atoms with E-state index in [0.717, 1.165) is 23.1 Å². The summed E-state index contributed by atoms with van der Waals surface area (Å²) in [6, 6.07) is 7.80. The molecule has 2 aromatic rings. The highest BCUT2D eigenvalue weighted by molar-refractivity contribution is 5.91. The molecule has 0 aliphatic heterocycles. The SMILES string of the molecule is CNCC(C)Oc1nccc2c(OC)cccc12. The Labute approximate surface area is 107 Å². The van der Waals surface area contributed by atoms with Gasteiger partial charge in [-0.25, -0.2) is 4.98 Å². The minimum absolute atomic E-state index is 0.0688. The molecule has 18 heavy (non-hydrogen) atoms. The molecular weight excluding hydrogens is 228 g/mol. The maximum atomic E-state index is 5.84. The predicted molar refractivity (Wildman–Crippen MR) is 72.3 cm³/mol. The zero-order chi connectivity index (χ0) is 13.0. The number of methoxy groups -OCH3 is 1. The van der Waals surface area contributed by atoms with Crippen molar-refractivity contribution in [2.24, 2.45) is 0 Å². The van der Waals surface area contributed by atoms with Crippen LogP contribution in [-0.2, 0) is 0 Å². The van der Waals surface area contributed by atoms with E-state index in [2.05, 4.69) is 10.3 Å². The Morgan fingerprint density at radius 2 is 2.11 bits per heavy atom. The van der Waals surface area contributed by atoms with Crippen LogP contribution in [0, 0.1) is 0 Å². The van der Waals surface area contributed by atoms with Gasteiger partial charge >= 0.3 is 0 Å². The fraction of sp³-hybridized carbons (Fsp3) is 0.357. The molecule has 96 valence electrons. The normalized spacial score (nSPS) is 12.4. The molecule has 2 rings (SSSR count). The topological polar surface area (TPSA) is 43.4 Å². The third kappa shape index (κ3) is 2.54. The van der Waals surface area contributed by atoms with Gasteiger partial charge < -0.3 is 14.8 Å². The smallest absolute Gasteiger partial charge is 0.221 e. The molecule has 0 aliphatic carbocycles. The quantitative estimate of drug-likeness (QED) is 0.878. The van der Waals surface area contributed by atoms with Gasteiger partial charge in [-0.15, -0.1) is 0 Å². The molecule has 4 nitrogen and oxygen atoms in total. The van der Waals surface area contributed by atoms with Crippen LogP contribution in [0.2, 0.25) is 0 Å². The van der Waals surface area contributed by atoms with Crippen LogP contribution in [0.15, 0.2) is 30.5 Å². The zero-order valence-electron chi connectivity index (χ0n) is 10.9. The number of rotatable bonds is 5. The van der Waals surface area contributed by atoms with Gasteiger partial charge in [0.25, 0.3) is 0 Å². The third-order valence-corrected chi connectivity index (χ3v) is 2.75. The Kier molecular flexibility index (Phi) is 3.99. The van der Waals surface area contributed by atoms with Crippen LogP contribution in [0.4, 0.5) is 0 Å². The van der Waals surface area contributed by atoms with Gasteiger partial charge in [-0.3, -0.25) is 0 Å². The van der Waals surface area contributed by atoms with E-state index in [-0.39, 0.29) is 6.10 Å². The summed E-state index contributed by atoms with van der Waals surface area (Å²) in [4.78, 5) is 4.30. The Hall–Kier alpha value is -1.81. The van der Waals surface area contributed by atoms with Gasteiger partial charge in [-0.2, -0.15) is 0 Å². The molecule has 0 bridgehead atoms. The van der Waals surface area contributed by atoms with Crippen LogP contribution >= 0.6 is 0 Å². The molecule has 0 amide bonds. The van der Waals surface area contributed by atoms with Gasteiger partial charge in [0.1, 0.15) is 11.9 Å². The molecule has 0 saturated heterocycles. The maximum Gasteiger partial charge on any atom is 0.221 e. The number of nitrogens with zero attached hydrogens (tertiary/aromatic N) is 1. The van der Waals surface area contributed by atoms with E-state index in [1.807, 2.05) is 38.2 Å². The summed E-state index contributed by atoms with van der Waals surface area (Å²) >= 11 is 0. The van der Waals surface area contributed by atoms with Crippen molar-refractivity contribution >= 4 is 10.8 Å². The highest BCUT2D eigenvalue weighted by Crippen LogP contribution is 2.30. The molecule has 1 heterocycles. The first kappa shape index (κ1) is 12.6. The van der Waals surface area contributed by atoms with Crippen molar-refractivity contribution in [3.8, 4) is 11.6 Å². The van der Waals surface area contributed by atoms with Crippen LogP contribution in [-0.4, -0.2) is 31.8 Å². The standard InChI is InChI=1S/C14H18N2O2/c1-10(9-15-2)18-14-12-5-4-6-13(17-3)11(12)7-8-16-14/h4-8,10,15H,9H2,1-3H3. The molecule has 0 saturated carbocycles. The van der Waals surface area contributed by atoms with Crippen molar-refractivity contribution in [2.75, 3.05) is 20.7 Å². The average molecular weight is 246 g/mol. The molecule has 0 aliphatic rings. The molecular formula is C14H18N2O2. The number of pyridine rings is 1. The summed E-state index contributed by atoms with van der Waals surface area (Å²) in [7, 11) is 3.57. The van der Waals surface area contributed by atoms with Crippen LogP contribution in [0.25, 0.3) is 10.8 Å². The number of fused-ring (bicyclic) bond motifs is 1. The Morgan fingerprint density at radius 1 is 1.28 bits per heavy atom. The molecule has 4 heteroatoms. The predicted octanol–water partition coefficient (Wildman–Crippen LogP) is 2.23. The Morgan fingerprint density at radius 3 is 2.83 bits per heavy atom. The molecule has 1 N–H and O–H groups in total. The number of nitrogens with one attached hydrogen (secondary N) is 1. The molecule has 0 spiro atoms. The Balaban J connectivity index is 2.39. The van der Waals surface area contributed by atoms with Crippen molar-refractivity contribution in [1.82, 2.24) is 10.3 Å². The second kappa shape index (κ2) is 5.69. The van der Waals surface area contributed by atoms with Crippen LogP contribution in [0.1, 0.15) is 6.92 Å². The number of benzene rings is 1. The first-order chi connectivity index (χ1) is 8.76. The summed E-state index contributed by atoms with van der Waals surface area (Å²) < 4.78 is 11.2. The summed E-state index contributed by atoms with van der Waals surface area (Å²) in [6.45, 7) is 2.79. The molecule has 1 aromatic carbocycles. The lowest BCUT2D eigenvalue weighted by atomic mass is 10.1. The van der Waals surface area contributed by atoms with E-state index in [0.29, 0.717) is 5.88 Å². The van der Waals surface area contributed by atoms with Gasteiger partial charge in [0, 0.05) is 23.5 Å². The van der Waals surface area contributed by atoms with E-state index in [1.54, 1.807) is 13.3 Å². The largest absolute Gasteiger partial charge is 0.496 e. The summed E-state index contributed by atoms with van der Waals surface area (Å²) in [5.74, 6) is 1.48. The number of likely N-dealkylation sites (N-methyl/N-ethyl adjacent to an activating group) is 1. The van der Waals surface area contributed by atoms with E-state index >= 15 is 0 Å². The lowest BCUT2D eigenvalue weighted by molar-refractivity contribution is 0.215. The second-order valence-electron chi connectivity index (χ2n) is 4.16. The zero-order valence-corrected chi connectivity index (χ0v) is 10.9. The Bertz CT molecular complexity index is 528. The summed E-state index contributed by atoms with van der Waals surface area (Å²) in [5.41, 5.74) is 0. The number of hydrogen-bond acceptors (Lipinski definition) is 4. The number of hydrogen-bond donors (Lipinski definition) is 1. The van der Waals surface area contributed by atoms with Gasteiger partial charge in [-0.1, -0.05) is 6.07 Å². The lowest BCUT2D eigenvalue weighted by Crippen LogP contribution is -2.26. The van der Waals surface area contributed by atoms with Gasteiger partial charge in [0.05, 0.1) is 7.11 Å². The molecule has 0 fully saturated rings. The van der Waals surface area contributed by atoms with E-state index < -0.39 is 0 Å². The van der Waals surface area contributed by atoms with E-state index in [1.165, 1.54) is 0 Å². The molecule has 0 radical (unpaired) electrons. The second-order valence-corrected chi connectivity index (χ2v) is 4.16. The minimum Gasteiger partial charge on any atom is -0.496 e. The summed E-state index contributed by atoms with van der Waals surface area (Å²) in [6.07, 6.45) is 1.81. The van der Waals surface area contributed by atoms with E-state index in [9.17, 15) is 0 Å². The van der Waals surface area contributed by atoms with Gasteiger partial charge in [0.2, 0.25) is 5.88 Å². The van der Waals surface area contributed by atoms with Crippen molar-refractivity contribution in [3.63, 3.8) is 0 Å². The molecule has 1 aromatic heterocycles. The highest BCUT2D eigenvalue weighted by Gasteiger charge is 2.10. The van der Waals surface area contributed by atoms with Crippen molar-refractivity contribution in [3.05, 3.63) is 30.5 Å². The molecule has 1 atom stereocenters. The lowest BCUT2D eigenvalue weighted by Gasteiger charge is -2.15. The van der Waals surface area contributed by atoms with Gasteiger partial charge in [0.15, 0.2) is 0 Å². The fourth-order valence-electron chi connectivity index (χ4n) is 1.94.